The molecule has 0 N–H and O–H groups in total. The molecule has 0 aliphatic carbocycles. The molecule has 6 heteroatoms. The van der Waals surface area contributed by atoms with Gasteiger partial charge in [-0.2, -0.15) is 0 Å². The number of nitrogens with zero attached hydrogens (tertiary/aromatic N) is 2. The first kappa shape index (κ1) is 15.6. The smallest absolute Gasteiger partial charge is 0.410 e. The first-order valence-electron chi connectivity index (χ1n) is 6.28. The Morgan fingerprint density at radius 3 is 2.33 bits per heavy atom. The summed E-state index contributed by atoms with van der Waals surface area (Å²) in [5.41, 5.74) is -0.416. The van der Waals surface area contributed by atoms with Crippen molar-refractivity contribution in [3.63, 3.8) is 0 Å². The molecular formula is C12H24N2O3S. The summed E-state index contributed by atoms with van der Waals surface area (Å²) >= 11 is 1.39. The topological polar surface area (TPSA) is 42.0 Å². The lowest BCUT2D eigenvalue weighted by Gasteiger charge is -2.35. The predicted molar refractivity (Wildman–Crippen MR) is 73.7 cm³/mol. The summed E-state index contributed by atoms with van der Waals surface area (Å²) in [7, 11) is 0. The van der Waals surface area contributed by atoms with E-state index in [0.29, 0.717) is 0 Å². The summed E-state index contributed by atoms with van der Waals surface area (Å²) in [6.07, 6.45) is 1.71. The number of piperazine rings is 1. The van der Waals surface area contributed by atoms with Crippen molar-refractivity contribution in [3.8, 4) is 0 Å². The van der Waals surface area contributed by atoms with Crippen molar-refractivity contribution in [2.45, 2.75) is 26.4 Å². The van der Waals surface area contributed by atoms with Crippen LogP contribution in [0.4, 0.5) is 4.79 Å². The van der Waals surface area contributed by atoms with Gasteiger partial charge in [-0.1, -0.05) is 0 Å². The normalized spacial score (nSPS) is 17.9. The third-order valence-electron chi connectivity index (χ3n) is 2.63. The zero-order valence-electron chi connectivity index (χ0n) is 11.8. The minimum atomic E-state index is -0.416. The molecule has 1 rings (SSSR count). The van der Waals surface area contributed by atoms with Gasteiger partial charge in [0.2, 0.25) is 0 Å². The van der Waals surface area contributed by atoms with Crippen LogP contribution in [-0.4, -0.2) is 67.1 Å². The summed E-state index contributed by atoms with van der Waals surface area (Å²) in [6.45, 7) is 10.6. The first-order valence-corrected chi connectivity index (χ1v) is 7.43. The molecule has 0 aromatic heterocycles. The van der Waals surface area contributed by atoms with Crippen LogP contribution in [0.15, 0.2) is 0 Å². The average Bonchev–Trinajstić information content (AvgIpc) is 2.28. The van der Waals surface area contributed by atoms with Crippen LogP contribution in [0.3, 0.4) is 0 Å². The van der Waals surface area contributed by atoms with Crippen molar-refractivity contribution in [2.75, 3.05) is 45.6 Å². The number of hydrogen-bond acceptors (Lipinski definition) is 5. The largest absolute Gasteiger partial charge is 0.444 e. The van der Waals surface area contributed by atoms with Crippen LogP contribution in [0, 0.1) is 0 Å². The molecule has 18 heavy (non-hydrogen) atoms. The van der Waals surface area contributed by atoms with E-state index in [-0.39, 0.29) is 6.09 Å². The number of ether oxygens (including phenoxy) is 1. The Morgan fingerprint density at radius 2 is 1.83 bits per heavy atom. The van der Waals surface area contributed by atoms with E-state index in [4.69, 9.17) is 8.92 Å². The van der Waals surface area contributed by atoms with Crippen LogP contribution >= 0.6 is 12.0 Å². The molecule has 5 nitrogen and oxygen atoms in total. The van der Waals surface area contributed by atoms with Crippen molar-refractivity contribution < 1.29 is 13.7 Å². The van der Waals surface area contributed by atoms with E-state index in [1.54, 1.807) is 4.90 Å². The summed E-state index contributed by atoms with van der Waals surface area (Å²) < 4.78 is 10.6. The molecule has 1 heterocycles. The van der Waals surface area contributed by atoms with Crippen LogP contribution in [0.1, 0.15) is 20.8 Å². The van der Waals surface area contributed by atoms with Gasteiger partial charge in [-0.3, -0.25) is 4.90 Å². The minimum absolute atomic E-state index is 0.206. The maximum atomic E-state index is 11.8. The quantitative estimate of drug-likeness (QED) is 0.579. The number of hydrogen-bond donors (Lipinski definition) is 0. The fourth-order valence-electron chi connectivity index (χ4n) is 1.73. The van der Waals surface area contributed by atoms with E-state index >= 15 is 0 Å². The van der Waals surface area contributed by atoms with Gasteiger partial charge in [0, 0.05) is 39.0 Å². The molecule has 1 fully saturated rings. The molecule has 0 atom stereocenters. The van der Waals surface area contributed by atoms with Crippen LogP contribution in [0.2, 0.25) is 0 Å². The lowest BCUT2D eigenvalue weighted by Crippen LogP contribution is -2.50. The van der Waals surface area contributed by atoms with Gasteiger partial charge in [0.1, 0.15) is 5.60 Å². The molecular weight excluding hydrogens is 252 g/mol. The molecule has 0 bridgehead atoms. The fraction of sp³-hybridized carbons (Fsp3) is 0.917. The highest BCUT2D eigenvalue weighted by molar-refractivity contribution is 7.93. The second-order valence-electron chi connectivity index (χ2n) is 5.30. The van der Waals surface area contributed by atoms with E-state index in [1.807, 2.05) is 27.0 Å². The van der Waals surface area contributed by atoms with Gasteiger partial charge in [-0.25, -0.2) is 4.79 Å². The Balaban J connectivity index is 2.24. The van der Waals surface area contributed by atoms with Gasteiger partial charge in [-0.05, 0) is 32.8 Å². The van der Waals surface area contributed by atoms with E-state index < -0.39 is 5.60 Å². The van der Waals surface area contributed by atoms with Crippen molar-refractivity contribution in [3.05, 3.63) is 0 Å². The zero-order chi connectivity index (χ0) is 13.6. The number of carbonyl (C=O) groups is 1. The van der Waals surface area contributed by atoms with Crippen molar-refractivity contribution in [2.24, 2.45) is 0 Å². The van der Waals surface area contributed by atoms with Crippen LogP contribution < -0.4 is 0 Å². The number of rotatable bonds is 4. The van der Waals surface area contributed by atoms with Crippen molar-refractivity contribution in [1.82, 2.24) is 9.80 Å². The van der Waals surface area contributed by atoms with Gasteiger partial charge < -0.3 is 13.8 Å². The molecule has 0 radical (unpaired) electrons. The Labute approximate surface area is 114 Å². The highest BCUT2D eigenvalue weighted by atomic mass is 32.2. The predicted octanol–water partition coefficient (Wildman–Crippen LogP) is 1.83. The zero-order valence-corrected chi connectivity index (χ0v) is 12.6. The first-order chi connectivity index (χ1) is 8.42. The van der Waals surface area contributed by atoms with Gasteiger partial charge in [0.15, 0.2) is 0 Å². The van der Waals surface area contributed by atoms with Gasteiger partial charge >= 0.3 is 6.09 Å². The monoisotopic (exact) mass is 276 g/mol. The van der Waals surface area contributed by atoms with Crippen LogP contribution in [0.5, 0.6) is 0 Å². The molecule has 1 amide bonds. The molecule has 0 saturated carbocycles. The lowest BCUT2D eigenvalue weighted by atomic mass is 10.2. The molecule has 0 aromatic carbocycles. The van der Waals surface area contributed by atoms with E-state index in [0.717, 1.165) is 39.3 Å². The van der Waals surface area contributed by atoms with Crippen molar-refractivity contribution >= 4 is 18.1 Å². The third-order valence-corrected chi connectivity index (χ3v) is 3.04. The molecule has 106 valence electrons. The average molecular weight is 276 g/mol. The summed E-state index contributed by atoms with van der Waals surface area (Å²) in [5.74, 6) is 0. The minimum Gasteiger partial charge on any atom is -0.444 e. The van der Waals surface area contributed by atoms with Crippen LogP contribution in [0.25, 0.3) is 0 Å². The maximum Gasteiger partial charge on any atom is 0.410 e. The third kappa shape index (κ3) is 5.93. The Kier molecular flexibility index (Phi) is 6.25. The Bertz CT molecular complexity index is 261. The number of carbonyl (C=O) groups excluding carboxylic acids is 1. The van der Waals surface area contributed by atoms with Gasteiger partial charge in [0.25, 0.3) is 0 Å². The summed E-state index contributed by atoms with van der Waals surface area (Å²) in [4.78, 5) is 15.9. The van der Waals surface area contributed by atoms with E-state index in [1.165, 1.54) is 12.0 Å². The molecule has 0 aromatic rings. The van der Waals surface area contributed by atoms with Crippen LogP contribution in [-0.2, 0) is 8.92 Å². The second-order valence-corrected chi connectivity index (χ2v) is 5.87. The second kappa shape index (κ2) is 7.21. The fourth-order valence-corrected chi connectivity index (χ4v) is 1.97. The summed E-state index contributed by atoms with van der Waals surface area (Å²) in [5, 5.41) is 0. The van der Waals surface area contributed by atoms with Crippen molar-refractivity contribution in [1.29, 1.82) is 0 Å². The Hall–Kier alpha value is -0.460. The molecule has 0 spiro atoms. The van der Waals surface area contributed by atoms with E-state index in [2.05, 4.69) is 4.90 Å². The van der Waals surface area contributed by atoms with E-state index in [9.17, 15) is 4.79 Å². The SMILES string of the molecule is CSOCCN1CCN(C(=O)OC(C)(C)C)CC1. The standard InChI is InChI=1S/C12H24N2O3S/c1-12(2,3)17-11(15)14-7-5-13(6-8-14)9-10-16-18-4/h5-10H2,1-4H3. The molecule has 1 saturated heterocycles. The van der Waals surface area contributed by atoms with Gasteiger partial charge in [-0.15, -0.1) is 0 Å². The lowest BCUT2D eigenvalue weighted by molar-refractivity contribution is 0.0139. The molecule has 0 unspecified atom stereocenters. The number of amides is 1. The highest BCUT2D eigenvalue weighted by Crippen LogP contribution is 2.11. The Morgan fingerprint density at radius 1 is 1.22 bits per heavy atom. The summed E-state index contributed by atoms with van der Waals surface area (Å²) in [6, 6.07) is 0. The maximum absolute atomic E-state index is 11.8. The highest BCUT2D eigenvalue weighted by Gasteiger charge is 2.25. The molecule has 1 aliphatic rings. The molecule has 1 aliphatic heterocycles. The van der Waals surface area contributed by atoms with Gasteiger partial charge in [0.05, 0.1) is 6.61 Å².